The standard InChI is InChI=1S/C23H20Cl2N4O2S/c1-14-6-7-20(15(2)8-14)31-11-16-9-21(32-12-16)22(30)27-23-26-13-29(28-23)10-17-18(24)4-3-5-19(17)25/h3-9,12-13H,10-11H2,1-2H3,(H,27,28,30). The average Bonchev–Trinajstić information content (AvgIpc) is 3.40. The molecule has 2 aromatic carbocycles. The number of ether oxygens (including phenoxy) is 1. The van der Waals surface area contributed by atoms with E-state index in [1.54, 1.807) is 22.9 Å². The van der Waals surface area contributed by atoms with Gasteiger partial charge in [0.15, 0.2) is 0 Å². The molecule has 0 fully saturated rings. The van der Waals surface area contributed by atoms with Crippen LogP contribution in [0, 0.1) is 13.8 Å². The van der Waals surface area contributed by atoms with Gasteiger partial charge in [-0.15, -0.1) is 16.4 Å². The van der Waals surface area contributed by atoms with Gasteiger partial charge in [-0.1, -0.05) is 47.0 Å². The molecule has 6 nitrogen and oxygen atoms in total. The first-order valence-corrected chi connectivity index (χ1v) is 11.4. The lowest BCUT2D eigenvalue weighted by Crippen LogP contribution is -2.12. The topological polar surface area (TPSA) is 69.0 Å². The molecule has 0 saturated heterocycles. The highest BCUT2D eigenvalue weighted by atomic mass is 35.5. The van der Waals surface area contributed by atoms with Crippen LogP contribution in [0.5, 0.6) is 5.75 Å². The fraction of sp³-hybridized carbons (Fsp3) is 0.174. The van der Waals surface area contributed by atoms with Gasteiger partial charge >= 0.3 is 0 Å². The van der Waals surface area contributed by atoms with E-state index in [-0.39, 0.29) is 11.9 Å². The predicted molar refractivity (Wildman–Crippen MR) is 128 cm³/mol. The summed E-state index contributed by atoms with van der Waals surface area (Å²) in [6.45, 7) is 4.80. The van der Waals surface area contributed by atoms with Crippen LogP contribution in [-0.4, -0.2) is 20.7 Å². The van der Waals surface area contributed by atoms with Crippen LogP contribution in [0.25, 0.3) is 0 Å². The van der Waals surface area contributed by atoms with Crippen molar-refractivity contribution in [2.75, 3.05) is 5.32 Å². The van der Waals surface area contributed by atoms with Crippen LogP contribution >= 0.6 is 34.5 Å². The van der Waals surface area contributed by atoms with Crippen LogP contribution < -0.4 is 10.1 Å². The van der Waals surface area contributed by atoms with Gasteiger partial charge in [0.1, 0.15) is 18.7 Å². The number of hydrogen-bond donors (Lipinski definition) is 1. The summed E-state index contributed by atoms with van der Waals surface area (Å²) in [5, 5.41) is 10.0. The van der Waals surface area contributed by atoms with E-state index in [9.17, 15) is 4.79 Å². The van der Waals surface area contributed by atoms with Crippen molar-refractivity contribution in [2.24, 2.45) is 0 Å². The highest BCUT2D eigenvalue weighted by Gasteiger charge is 2.14. The van der Waals surface area contributed by atoms with Gasteiger partial charge in [0.05, 0.1) is 11.4 Å². The van der Waals surface area contributed by atoms with Gasteiger partial charge in [-0.25, -0.2) is 9.67 Å². The Hall–Kier alpha value is -2.87. The molecule has 9 heteroatoms. The lowest BCUT2D eigenvalue weighted by molar-refractivity contribution is 0.102. The highest BCUT2D eigenvalue weighted by molar-refractivity contribution is 7.12. The van der Waals surface area contributed by atoms with Crippen molar-refractivity contribution < 1.29 is 9.53 Å². The Morgan fingerprint density at radius 1 is 1.16 bits per heavy atom. The Kier molecular flexibility index (Phi) is 6.79. The van der Waals surface area contributed by atoms with Crippen molar-refractivity contribution in [3.8, 4) is 5.75 Å². The van der Waals surface area contributed by atoms with Crippen LogP contribution in [0.2, 0.25) is 10.0 Å². The summed E-state index contributed by atoms with van der Waals surface area (Å²) in [5.41, 5.74) is 3.94. The summed E-state index contributed by atoms with van der Waals surface area (Å²) >= 11 is 13.8. The highest BCUT2D eigenvalue weighted by Crippen LogP contribution is 2.25. The minimum Gasteiger partial charge on any atom is -0.489 e. The predicted octanol–water partition coefficient (Wildman–Crippen LogP) is 6.14. The number of benzene rings is 2. The third-order valence-corrected chi connectivity index (χ3v) is 6.43. The van der Waals surface area contributed by atoms with E-state index in [2.05, 4.69) is 21.5 Å². The summed E-state index contributed by atoms with van der Waals surface area (Å²) in [6, 6.07) is 13.2. The molecule has 0 saturated carbocycles. The lowest BCUT2D eigenvalue weighted by Gasteiger charge is -2.08. The molecule has 0 aliphatic rings. The van der Waals surface area contributed by atoms with Gasteiger partial charge < -0.3 is 4.74 Å². The van der Waals surface area contributed by atoms with Gasteiger partial charge in [-0.3, -0.25) is 10.1 Å². The molecular weight excluding hydrogens is 467 g/mol. The summed E-state index contributed by atoms with van der Waals surface area (Å²) < 4.78 is 7.46. The maximum Gasteiger partial charge on any atom is 0.268 e. The van der Waals surface area contributed by atoms with Crippen LogP contribution in [0.4, 0.5) is 5.95 Å². The zero-order valence-electron chi connectivity index (χ0n) is 17.4. The third-order valence-electron chi connectivity index (χ3n) is 4.75. The van der Waals surface area contributed by atoms with Crippen molar-refractivity contribution in [2.45, 2.75) is 27.0 Å². The summed E-state index contributed by atoms with van der Waals surface area (Å²) in [6.07, 6.45) is 1.52. The van der Waals surface area contributed by atoms with Crippen LogP contribution in [0.1, 0.15) is 31.9 Å². The Labute approximate surface area is 199 Å². The van der Waals surface area contributed by atoms with Crippen molar-refractivity contribution in [3.05, 3.63) is 91.3 Å². The number of hydrogen-bond acceptors (Lipinski definition) is 5. The molecule has 2 aromatic heterocycles. The van der Waals surface area contributed by atoms with Crippen molar-refractivity contribution in [1.82, 2.24) is 14.8 Å². The van der Waals surface area contributed by atoms with Crippen LogP contribution in [-0.2, 0) is 13.2 Å². The van der Waals surface area contributed by atoms with Gasteiger partial charge in [0, 0.05) is 21.2 Å². The van der Waals surface area contributed by atoms with E-state index in [4.69, 9.17) is 27.9 Å². The largest absolute Gasteiger partial charge is 0.489 e. The van der Waals surface area contributed by atoms with Crippen LogP contribution in [0.15, 0.2) is 54.2 Å². The van der Waals surface area contributed by atoms with Crippen molar-refractivity contribution in [3.63, 3.8) is 0 Å². The Morgan fingerprint density at radius 3 is 2.69 bits per heavy atom. The molecule has 0 aliphatic carbocycles. The summed E-state index contributed by atoms with van der Waals surface area (Å²) in [4.78, 5) is 17.3. The lowest BCUT2D eigenvalue weighted by atomic mass is 10.1. The molecule has 0 spiro atoms. The number of halogens is 2. The second-order valence-corrected chi connectivity index (χ2v) is 9.02. The number of aromatic nitrogens is 3. The molecule has 164 valence electrons. The third kappa shape index (κ3) is 5.30. The van der Waals surface area contributed by atoms with Crippen molar-refractivity contribution in [1.29, 1.82) is 0 Å². The van der Waals surface area contributed by atoms with E-state index < -0.39 is 0 Å². The van der Waals surface area contributed by atoms with Gasteiger partial charge in [0.25, 0.3) is 5.91 Å². The molecule has 0 bridgehead atoms. The van der Waals surface area contributed by atoms with Gasteiger partial charge in [-0.2, -0.15) is 0 Å². The fourth-order valence-electron chi connectivity index (χ4n) is 3.13. The minimum atomic E-state index is -0.277. The van der Waals surface area contributed by atoms with E-state index in [0.717, 1.165) is 22.4 Å². The molecule has 0 atom stereocenters. The maximum absolute atomic E-state index is 12.6. The number of anilines is 1. The molecule has 4 aromatic rings. The number of rotatable bonds is 7. The SMILES string of the molecule is Cc1ccc(OCc2csc(C(=O)Nc3ncn(Cc4c(Cl)cccc4Cl)n3)c2)c(C)c1. The van der Waals surface area contributed by atoms with E-state index in [1.165, 1.54) is 23.2 Å². The first-order chi connectivity index (χ1) is 15.4. The number of thiophene rings is 1. The average molecular weight is 487 g/mol. The maximum atomic E-state index is 12.6. The number of nitrogens with one attached hydrogen (secondary N) is 1. The number of carbonyl (C=O) groups is 1. The van der Waals surface area contributed by atoms with Gasteiger partial charge in [0.2, 0.25) is 5.95 Å². The minimum absolute atomic E-state index is 0.208. The molecule has 1 N–H and O–H groups in total. The number of aryl methyl sites for hydroxylation is 2. The molecular formula is C23H20Cl2N4O2S. The van der Waals surface area contributed by atoms with Gasteiger partial charge in [-0.05, 0) is 49.1 Å². The zero-order chi connectivity index (χ0) is 22.7. The molecule has 0 radical (unpaired) electrons. The Morgan fingerprint density at radius 2 is 1.94 bits per heavy atom. The van der Waals surface area contributed by atoms with Crippen molar-refractivity contribution >= 4 is 46.4 Å². The van der Waals surface area contributed by atoms with E-state index in [0.29, 0.717) is 28.1 Å². The molecule has 32 heavy (non-hydrogen) atoms. The zero-order valence-corrected chi connectivity index (χ0v) is 19.8. The van der Waals surface area contributed by atoms with E-state index in [1.807, 2.05) is 37.4 Å². The first kappa shape index (κ1) is 22.3. The molecule has 1 amide bonds. The quantitative estimate of drug-likeness (QED) is 0.340. The second-order valence-electron chi connectivity index (χ2n) is 7.30. The summed E-state index contributed by atoms with van der Waals surface area (Å²) in [5.74, 6) is 0.766. The molecule has 4 rings (SSSR count). The molecule has 2 heterocycles. The molecule has 0 aliphatic heterocycles. The Balaban J connectivity index is 1.36. The molecule has 0 unspecified atom stereocenters. The van der Waals surface area contributed by atoms with Crippen LogP contribution in [0.3, 0.4) is 0 Å². The number of carbonyl (C=O) groups excluding carboxylic acids is 1. The smallest absolute Gasteiger partial charge is 0.268 e. The number of amides is 1. The number of nitrogens with zero attached hydrogens (tertiary/aromatic N) is 3. The second kappa shape index (κ2) is 9.73. The summed E-state index contributed by atoms with van der Waals surface area (Å²) in [7, 11) is 0. The fourth-order valence-corrected chi connectivity index (χ4v) is 4.44. The van der Waals surface area contributed by atoms with E-state index >= 15 is 0 Å². The normalized spacial score (nSPS) is 10.9. The first-order valence-electron chi connectivity index (χ1n) is 9.80. The Bertz CT molecular complexity index is 1250. The monoisotopic (exact) mass is 486 g/mol.